The molecule has 0 saturated heterocycles. The van der Waals surface area contributed by atoms with Crippen LogP contribution in [0.1, 0.15) is 31.7 Å². The Balaban J connectivity index is 2.15. The van der Waals surface area contributed by atoms with Gasteiger partial charge in [0.25, 0.3) is 0 Å². The van der Waals surface area contributed by atoms with Gasteiger partial charge in [-0.1, -0.05) is 6.42 Å². The van der Waals surface area contributed by atoms with E-state index in [1.165, 1.54) is 25.3 Å². The van der Waals surface area contributed by atoms with Crippen molar-refractivity contribution in [3.8, 4) is 6.07 Å². The van der Waals surface area contributed by atoms with Crippen molar-refractivity contribution in [1.29, 1.82) is 5.26 Å². The zero-order valence-electron chi connectivity index (χ0n) is 10.1. The number of hydrogen-bond donors (Lipinski definition) is 0. The minimum atomic E-state index is -0.287. The number of benzene rings is 1. The lowest BCUT2D eigenvalue weighted by molar-refractivity contribution is 0.318. The first kappa shape index (κ1) is 11.9. The maximum atomic E-state index is 13.9. The molecule has 0 aliphatic heterocycles. The molecule has 2 nitrogen and oxygen atoms in total. The summed E-state index contributed by atoms with van der Waals surface area (Å²) >= 11 is 0. The summed E-state index contributed by atoms with van der Waals surface area (Å²) in [5.41, 5.74) is 1.00. The Hall–Kier alpha value is -1.56. The van der Waals surface area contributed by atoms with E-state index in [2.05, 4.69) is 4.90 Å². The van der Waals surface area contributed by atoms with Crippen LogP contribution in [0, 0.1) is 23.1 Å². The second-order valence-electron chi connectivity index (χ2n) is 4.61. The van der Waals surface area contributed by atoms with E-state index < -0.39 is 0 Å². The molecule has 0 aromatic heterocycles. The summed E-state index contributed by atoms with van der Waals surface area (Å²) in [5.74, 6) is 0.426. The maximum absolute atomic E-state index is 13.9. The van der Waals surface area contributed by atoms with Crippen molar-refractivity contribution in [3.63, 3.8) is 0 Å². The SMILES string of the molecule is CCN(CC1CCC1)c1ccc(C#N)cc1F. The molecular weight excluding hydrogens is 215 g/mol. The van der Waals surface area contributed by atoms with E-state index in [-0.39, 0.29) is 5.82 Å². The standard InChI is InChI=1S/C14H17FN2/c1-2-17(10-11-4-3-5-11)14-7-6-12(9-16)8-13(14)15/h6-8,11H,2-5,10H2,1H3. The van der Waals surface area contributed by atoms with Gasteiger partial charge in [0.05, 0.1) is 17.3 Å². The minimum absolute atomic E-state index is 0.287. The largest absolute Gasteiger partial charge is 0.369 e. The second kappa shape index (κ2) is 5.18. The van der Waals surface area contributed by atoms with Crippen LogP contribution in [0.2, 0.25) is 0 Å². The van der Waals surface area contributed by atoms with Crippen molar-refractivity contribution in [2.24, 2.45) is 5.92 Å². The van der Waals surface area contributed by atoms with E-state index in [0.717, 1.165) is 13.1 Å². The lowest BCUT2D eigenvalue weighted by atomic mass is 9.85. The molecule has 1 aromatic rings. The molecule has 1 fully saturated rings. The Kier molecular flexibility index (Phi) is 3.63. The minimum Gasteiger partial charge on any atom is -0.369 e. The molecule has 90 valence electrons. The van der Waals surface area contributed by atoms with Crippen molar-refractivity contribution in [3.05, 3.63) is 29.6 Å². The van der Waals surface area contributed by atoms with E-state index in [0.29, 0.717) is 17.2 Å². The Morgan fingerprint density at radius 2 is 2.24 bits per heavy atom. The molecule has 0 unspecified atom stereocenters. The van der Waals surface area contributed by atoms with Crippen molar-refractivity contribution in [2.75, 3.05) is 18.0 Å². The van der Waals surface area contributed by atoms with Crippen LogP contribution in [-0.2, 0) is 0 Å². The maximum Gasteiger partial charge on any atom is 0.147 e. The highest BCUT2D eigenvalue weighted by molar-refractivity contribution is 5.51. The monoisotopic (exact) mass is 232 g/mol. The van der Waals surface area contributed by atoms with Gasteiger partial charge in [0.1, 0.15) is 5.82 Å². The van der Waals surface area contributed by atoms with Gasteiger partial charge in [0, 0.05) is 13.1 Å². The number of anilines is 1. The molecule has 1 aliphatic rings. The Morgan fingerprint density at radius 1 is 1.47 bits per heavy atom. The molecule has 1 aliphatic carbocycles. The van der Waals surface area contributed by atoms with Gasteiger partial charge >= 0.3 is 0 Å². The smallest absolute Gasteiger partial charge is 0.147 e. The molecule has 0 radical (unpaired) electrons. The summed E-state index contributed by atoms with van der Waals surface area (Å²) < 4.78 is 13.9. The first-order chi connectivity index (χ1) is 8.24. The molecule has 1 saturated carbocycles. The third-order valence-electron chi connectivity index (χ3n) is 3.50. The fraction of sp³-hybridized carbons (Fsp3) is 0.500. The predicted octanol–water partition coefficient (Wildman–Crippen LogP) is 3.32. The van der Waals surface area contributed by atoms with Gasteiger partial charge in [0.15, 0.2) is 0 Å². The quantitative estimate of drug-likeness (QED) is 0.796. The molecule has 0 heterocycles. The van der Waals surface area contributed by atoms with Crippen molar-refractivity contribution < 1.29 is 4.39 Å². The van der Waals surface area contributed by atoms with Crippen LogP contribution in [0.15, 0.2) is 18.2 Å². The highest BCUT2D eigenvalue weighted by Gasteiger charge is 2.21. The average molecular weight is 232 g/mol. The van der Waals surface area contributed by atoms with E-state index in [1.807, 2.05) is 13.0 Å². The summed E-state index contributed by atoms with van der Waals surface area (Å²) in [6, 6.07) is 6.68. The highest BCUT2D eigenvalue weighted by atomic mass is 19.1. The number of rotatable bonds is 4. The van der Waals surface area contributed by atoms with Crippen LogP contribution < -0.4 is 4.90 Å². The summed E-state index contributed by atoms with van der Waals surface area (Å²) in [6.45, 7) is 3.77. The molecule has 0 amide bonds. The Morgan fingerprint density at radius 3 is 2.71 bits per heavy atom. The Labute approximate surface area is 102 Å². The van der Waals surface area contributed by atoms with Crippen LogP contribution in [-0.4, -0.2) is 13.1 Å². The number of halogens is 1. The van der Waals surface area contributed by atoms with Gasteiger partial charge in [0.2, 0.25) is 0 Å². The fourth-order valence-corrected chi connectivity index (χ4v) is 2.22. The van der Waals surface area contributed by atoms with Gasteiger partial charge in [-0.15, -0.1) is 0 Å². The second-order valence-corrected chi connectivity index (χ2v) is 4.61. The third kappa shape index (κ3) is 2.58. The normalized spacial score (nSPS) is 15.1. The lowest BCUT2D eigenvalue weighted by Gasteiger charge is -2.33. The van der Waals surface area contributed by atoms with Gasteiger partial charge in [-0.25, -0.2) is 4.39 Å². The first-order valence-electron chi connectivity index (χ1n) is 6.19. The lowest BCUT2D eigenvalue weighted by Crippen LogP contribution is -2.33. The molecule has 0 spiro atoms. The summed E-state index contributed by atoms with van der Waals surface area (Å²) in [7, 11) is 0. The van der Waals surface area contributed by atoms with E-state index in [4.69, 9.17) is 5.26 Å². The topological polar surface area (TPSA) is 27.0 Å². The predicted molar refractivity (Wildman–Crippen MR) is 66.3 cm³/mol. The molecule has 17 heavy (non-hydrogen) atoms. The summed E-state index contributed by atoms with van der Waals surface area (Å²) in [4.78, 5) is 2.07. The van der Waals surface area contributed by atoms with E-state index in [9.17, 15) is 4.39 Å². The molecule has 1 aromatic carbocycles. The Bertz CT molecular complexity index is 432. The van der Waals surface area contributed by atoms with Crippen molar-refractivity contribution in [2.45, 2.75) is 26.2 Å². The van der Waals surface area contributed by atoms with Crippen LogP contribution in [0.25, 0.3) is 0 Å². The number of hydrogen-bond acceptors (Lipinski definition) is 2. The van der Waals surface area contributed by atoms with Gasteiger partial charge < -0.3 is 4.90 Å². The van der Waals surface area contributed by atoms with Crippen LogP contribution in [0.4, 0.5) is 10.1 Å². The molecule has 2 rings (SSSR count). The molecule has 0 N–H and O–H groups in total. The van der Waals surface area contributed by atoms with Crippen molar-refractivity contribution in [1.82, 2.24) is 0 Å². The highest BCUT2D eigenvalue weighted by Crippen LogP contribution is 2.29. The molecular formula is C14H17FN2. The van der Waals surface area contributed by atoms with Crippen LogP contribution >= 0.6 is 0 Å². The van der Waals surface area contributed by atoms with Crippen LogP contribution in [0.5, 0.6) is 0 Å². The zero-order valence-corrected chi connectivity index (χ0v) is 10.1. The third-order valence-corrected chi connectivity index (χ3v) is 3.50. The number of nitrogens with zero attached hydrogens (tertiary/aromatic N) is 2. The van der Waals surface area contributed by atoms with Gasteiger partial charge in [-0.05, 0) is 43.9 Å². The van der Waals surface area contributed by atoms with Crippen LogP contribution in [0.3, 0.4) is 0 Å². The van der Waals surface area contributed by atoms with Gasteiger partial charge in [-0.2, -0.15) is 5.26 Å². The van der Waals surface area contributed by atoms with Crippen molar-refractivity contribution >= 4 is 5.69 Å². The molecule has 3 heteroatoms. The molecule has 0 atom stereocenters. The average Bonchev–Trinajstić information content (AvgIpc) is 2.29. The summed E-state index contributed by atoms with van der Waals surface area (Å²) in [6.07, 6.45) is 3.82. The zero-order chi connectivity index (χ0) is 12.3. The first-order valence-corrected chi connectivity index (χ1v) is 6.19. The number of nitriles is 1. The van der Waals surface area contributed by atoms with Gasteiger partial charge in [-0.3, -0.25) is 0 Å². The van der Waals surface area contributed by atoms with E-state index in [1.54, 1.807) is 12.1 Å². The fourth-order valence-electron chi connectivity index (χ4n) is 2.22. The summed E-state index contributed by atoms with van der Waals surface area (Å²) in [5, 5.41) is 8.71. The van der Waals surface area contributed by atoms with E-state index >= 15 is 0 Å². The molecule has 0 bridgehead atoms.